The summed E-state index contributed by atoms with van der Waals surface area (Å²) in [6, 6.07) is 10.6. The molecule has 1 heteroatoms. The van der Waals surface area contributed by atoms with Gasteiger partial charge in [0.2, 0.25) is 0 Å². The number of benzene rings is 1. The molecule has 0 radical (unpaired) electrons. The summed E-state index contributed by atoms with van der Waals surface area (Å²) < 4.78 is 0. The Morgan fingerprint density at radius 3 is 2.53 bits per heavy atom. The second-order valence-corrected chi connectivity index (χ2v) is 4.71. The summed E-state index contributed by atoms with van der Waals surface area (Å²) in [6.45, 7) is 4.37. The number of hydrogen-bond acceptors (Lipinski definition) is 1. The van der Waals surface area contributed by atoms with Crippen molar-refractivity contribution in [2.45, 2.75) is 33.1 Å². The Bertz CT molecular complexity index is 287. The first-order valence-corrected chi connectivity index (χ1v) is 6.71. The van der Waals surface area contributed by atoms with E-state index in [9.17, 15) is 0 Å². The fourth-order valence-corrected chi connectivity index (χ4v) is 2.51. The summed E-state index contributed by atoms with van der Waals surface area (Å²) in [5.41, 5.74) is 1.35. The third-order valence-corrected chi connectivity index (χ3v) is 3.60. The third kappa shape index (κ3) is 4.57. The first-order valence-electron chi connectivity index (χ1n) is 5.73. The lowest BCUT2D eigenvalue weighted by molar-refractivity contribution is 0.779. The van der Waals surface area contributed by atoms with Gasteiger partial charge in [0.1, 0.15) is 0 Å². The molecule has 0 aliphatic rings. The lowest BCUT2D eigenvalue weighted by Crippen LogP contribution is -1.83. The van der Waals surface area contributed by atoms with Gasteiger partial charge in [0.15, 0.2) is 0 Å². The van der Waals surface area contributed by atoms with Gasteiger partial charge in [-0.15, -0.1) is 11.8 Å². The molecule has 82 valence electrons. The van der Waals surface area contributed by atoms with Gasteiger partial charge >= 0.3 is 0 Å². The van der Waals surface area contributed by atoms with Gasteiger partial charge in [-0.1, -0.05) is 56.2 Å². The molecule has 1 aromatic rings. The van der Waals surface area contributed by atoms with Crippen LogP contribution >= 0.6 is 11.8 Å². The molecular weight excluding hydrogens is 200 g/mol. The lowest BCUT2D eigenvalue weighted by Gasteiger charge is -2.06. The maximum atomic E-state index is 2.25. The smallest absolute Gasteiger partial charge is 0.0102 e. The highest BCUT2D eigenvalue weighted by Crippen LogP contribution is 2.27. The van der Waals surface area contributed by atoms with Crippen LogP contribution in [-0.2, 0) is 0 Å². The molecule has 0 amide bonds. The van der Waals surface area contributed by atoms with Gasteiger partial charge in [-0.2, -0.15) is 0 Å². The van der Waals surface area contributed by atoms with Gasteiger partial charge in [-0.05, 0) is 24.7 Å². The van der Waals surface area contributed by atoms with E-state index in [2.05, 4.69) is 50.3 Å². The predicted molar refractivity (Wildman–Crippen MR) is 72.1 cm³/mol. The van der Waals surface area contributed by atoms with Gasteiger partial charge in [-0.25, -0.2) is 0 Å². The molecule has 0 heterocycles. The van der Waals surface area contributed by atoms with E-state index in [0.29, 0.717) is 0 Å². The molecule has 0 aliphatic carbocycles. The largest absolute Gasteiger partial charge is 0.126 e. The summed E-state index contributed by atoms with van der Waals surface area (Å²) in [5, 5.41) is 0. The van der Waals surface area contributed by atoms with Crippen LogP contribution in [0.25, 0.3) is 4.91 Å². The monoisotopic (exact) mass is 220 g/mol. The van der Waals surface area contributed by atoms with E-state index >= 15 is 0 Å². The van der Waals surface area contributed by atoms with Crippen LogP contribution in [0.1, 0.15) is 38.7 Å². The van der Waals surface area contributed by atoms with Crippen LogP contribution in [0.3, 0.4) is 0 Å². The van der Waals surface area contributed by atoms with Crippen LogP contribution in [0.4, 0.5) is 0 Å². The van der Waals surface area contributed by atoms with Gasteiger partial charge < -0.3 is 0 Å². The zero-order valence-electron chi connectivity index (χ0n) is 9.70. The fourth-order valence-electron chi connectivity index (χ4n) is 1.47. The highest BCUT2D eigenvalue weighted by atomic mass is 32.2. The average Bonchev–Trinajstić information content (AvgIpc) is 2.30. The highest BCUT2D eigenvalue weighted by molar-refractivity contribution is 8.08. The number of rotatable bonds is 6. The van der Waals surface area contributed by atoms with Gasteiger partial charge in [-0.3, -0.25) is 0 Å². The van der Waals surface area contributed by atoms with Crippen molar-refractivity contribution < 1.29 is 0 Å². The Labute approximate surface area is 97.8 Å². The number of thioether (sulfide) groups is 1. The molecule has 0 aromatic heterocycles. The maximum absolute atomic E-state index is 2.25. The highest BCUT2D eigenvalue weighted by Gasteiger charge is 1.99. The van der Waals surface area contributed by atoms with Crippen LogP contribution in [-0.4, -0.2) is 5.75 Å². The molecule has 0 saturated heterocycles. The lowest BCUT2D eigenvalue weighted by atomic mass is 10.2. The molecule has 0 N–H and O–H groups in total. The summed E-state index contributed by atoms with van der Waals surface area (Å²) >= 11 is 1.98. The van der Waals surface area contributed by atoms with Crippen LogP contribution < -0.4 is 0 Å². The Balaban J connectivity index is 2.44. The molecule has 0 spiro atoms. The Morgan fingerprint density at radius 2 is 1.93 bits per heavy atom. The molecule has 0 aliphatic heterocycles. The molecule has 0 fully saturated rings. The normalized spacial score (nSPS) is 11.7. The van der Waals surface area contributed by atoms with Gasteiger partial charge in [0.05, 0.1) is 0 Å². The van der Waals surface area contributed by atoms with Crippen molar-refractivity contribution in [2.24, 2.45) is 0 Å². The number of hydrogen-bond donors (Lipinski definition) is 0. The van der Waals surface area contributed by atoms with Crippen LogP contribution in [0, 0.1) is 0 Å². The van der Waals surface area contributed by atoms with Crippen LogP contribution in [0.15, 0.2) is 36.4 Å². The van der Waals surface area contributed by atoms with E-state index in [1.165, 1.54) is 35.5 Å². The van der Waals surface area contributed by atoms with E-state index in [1.807, 2.05) is 11.8 Å². The third-order valence-electron chi connectivity index (χ3n) is 2.33. The molecular formula is C14H20S. The molecule has 0 saturated carbocycles. The SMILES string of the molecule is C/C=C(/SCCCCC)c1ccccc1. The zero-order chi connectivity index (χ0) is 10.9. The number of unbranched alkanes of at least 4 members (excludes halogenated alkanes) is 2. The van der Waals surface area contributed by atoms with E-state index in [0.717, 1.165) is 0 Å². The summed E-state index contributed by atoms with van der Waals surface area (Å²) in [6.07, 6.45) is 6.19. The molecule has 0 unspecified atom stereocenters. The Kier molecular flexibility index (Phi) is 6.26. The van der Waals surface area contributed by atoms with Crippen LogP contribution in [0.2, 0.25) is 0 Å². The fraction of sp³-hybridized carbons (Fsp3) is 0.429. The van der Waals surface area contributed by atoms with Gasteiger partial charge in [0.25, 0.3) is 0 Å². The predicted octanol–water partition coefficient (Wildman–Crippen LogP) is 4.97. The second kappa shape index (κ2) is 7.58. The summed E-state index contributed by atoms with van der Waals surface area (Å²) in [5.74, 6) is 1.24. The van der Waals surface area contributed by atoms with Crippen molar-refractivity contribution in [1.29, 1.82) is 0 Å². The topological polar surface area (TPSA) is 0 Å². The molecule has 15 heavy (non-hydrogen) atoms. The molecule has 0 atom stereocenters. The summed E-state index contributed by atoms with van der Waals surface area (Å²) in [7, 11) is 0. The van der Waals surface area contributed by atoms with E-state index < -0.39 is 0 Å². The van der Waals surface area contributed by atoms with Gasteiger partial charge in [0, 0.05) is 4.91 Å². The zero-order valence-corrected chi connectivity index (χ0v) is 10.5. The average molecular weight is 220 g/mol. The molecule has 1 rings (SSSR count). The molecule has 0 nitrogen and oxygen atoms in total. The second-order valence-electron chi connectivity index (χ2n) is 3.57. The van der Waals surface area contributed by atoms with Crippen LogP contribution in [0.5, 0.6) is 0 Å². The Morgan fingerprint density at radius 1 is 1.20 bits per heavy atom. The van der Waals surface area contributed by atoms with Crippen molar-refractivity contribution in [3.63, 3.8) is 0 Å². The van der Waals surface area contributed by atoms with Crippen molar-refractivity contribution in [1.82, 2.24) is 0 Å². The minimum absolute atomic E-state index is 1.24. The minimum atomic E-state index is 1.24. The van der Waals surface area contributed by atoms with Crippen molar-refractivity contribution >= 4 is 16.7 Å². The summed E-state index contributed by atoms with van der Waals surface area (Å²) in [4.78, 5) is 1.41. The van der Waals surface area contributed by atoms with Crippen molar-refractivity contribution in [2.75, 3.05) is 5.75 Å². The van der Waals surface area contributed by atoms with E-state index in [1.54, 1.807) is 0 Å². The van der Waals surface area contributed by atoms with Crippen molar-refractivity contribution in [3.05, 3.63) is 42.0 Å². The quantitative estimate of drug-likeness (QED) is 0.610. The standard InChI is InChI=1S/C14H20S/c1-3-5-9-12-15-14(4-2)13-10-7-6-8-11-13/h4,6-8,10-11H,3,5,9,12H2,1-2H3/b14-4+. The van der Waals surface area contributed by atoms with E-state index in [4.69, 9.17) is 0 Å². The first-order chi connectivity index (χ1) is 7.38. The molecule has 0 bridgehead atoms. The minimum Gasteiger partial charge on any atom is -0.126 e. The van der Waals surface area contributed by atoms with Crippen molar-refractivity contribution in [3.8, 4) is 0 Å². The maximum Gasteiger partial charge on any atom is 0.0102 e. The first kappa shape index (κ1) is 12.4. The Hall–Kier alpha value is -0.690. The molecule has 1 aromatic carbocycles. The van der Waals surface area contributed by atoms with E-state index in [-0.39, 0.29) is 0 Å². The number of allylic oxidation sites excluding steroid dienone is 1.